The van der Waals surface area contributed by atoms with Crippen LogP contribution in [0.15, 0.2) is 54.6 Å². The molecule has 2 fully saturated rings. The lowest BCUT2D eigenvalue weighted by Crippen LogP contribution is -2.53. The summed E-state index contributed by atoms with van der Waals surface area (Å²) in [7, 11) is 0. The van der Waals surface area contributed by atoms with E-state index in [1.165, 1.54) is 0 Å². The Morgan fingerprint density at radius 1 is 1.03 bits per heavy atom. The minimum atomic E-state index is -1.10. The van der Waals surface area contributed by atoms with Gasteiger partial charge in [0.05, 0.1) is 6.10 Å². The molecule has 0 heterocycles. The topological polar surface area (TPSA) is 52.6 Å². The second-order valence-corrected chi connectivity index (χ2v) is 10.0. The van der Waals surface area contributed by atoms with Crippen molar-refractivity contribution in [2.24, 2.45) is 22.7 Å². The van der Waals surface area contributed by atoms with Crippen LogP contribution < -0.4 is 0 Å². The number of benzene rings is 2. The Hall–Kier alpha value is -2.62. The molecule has 0 N–H and O–H groups in total. The molecule has 4 rings (SSSR count). The minimum absolute atomic E-state index is 0.0625. The van der Waals surface area contributed by atoms with Crippen molar-refractivity contribution in [2.75, 3.05) is 0 Å². The Bertz CT molecular complexity index is 980. The van der Waals surface area contributed by atoms with Crippen molar-refractivity contribution in [1.82, 2.24) is 0 Å². The van der Waals surface area contributed by atoms with Crippen LogP contribution in [0.2, 0.25) is 0 Å². The highest BCUT2D eigenvalue weighted by Gasteiger charge is 2.78. The molecule has 0 saturated heterocycles. The maximum Gasteiger partial charge on any atom is 0.313 e. The van der Waals surface area contributed by atoms with E-state index >= 15 is 0 Å². The molecule has 31 heavy (non-hydrogen) atoms. The molecule has 2 bridgehead atoms. The van der Waals surface area contributed by atoms with Crippen LogP contribution in [0, 0.1) is 22.7 Å². The van der Waals surface area contributed by atoms with E-state index in [0.717, 1.165) is 29.5 Å². The third-order valence-corrected chi connectivity index (χ3v) is 8.22. The number of fused-ring (bicyclic) bond motifs is 2. The van der Waals surface area contributed by atoms with Gasteiger partial charge in [-0.1, -0.05) is 75.4 Å². The van der Waals surface area contributed by atoms with E-state index in [0.29, 0.717) is 6.47 Å². The first kappa shape index (κ1) is 21.6. The minimum Gasteiger partial charge on any atom is -0.463 e. The van der Waals surface area contributed by atoms with Gasteiger partial charge in [0.25, 0.3) is 6.47 Å². The predicted molar refractivity (Wildman–Crippen MR) is 120 cm³/mol. The van der Waals surface area contributed by atoms with Gasteiger partial charge in [0.2, 0.25) is 0 Å². The van der Waals surface area contributed by atoms with Gasteiger partial charge in [-0.3, -0.25) is 9.59 Å². The largest absolute Gasteiger partial charge is 0.463 e. The third-order valence-electron chi connectivity index (χ3n) is 8.22. The zero-order valence-corrected chi connectivity index (χ0v) is 19.1. The first-order valence-corrected chi connectivity index (χ1v) is 11.2. The van der Waals surface area contributed by atoms with Gasteiger partial charge in [-0.2, -0.15) is 0 Å². The Kier molecular flexibility index (Phi) is 5.23. The van der Waals surface area contributed by atoms with Crippen LogP contribution in [0.4, 0.5) is 0 Å². The van der Waals surface area contributed by atoms with Crippen molar-refractivity contribution < 1.29 is 19.1 Å². The van der Waals surface area contributed by atoms with Crippen LogP contribution in [0.3, 0.4) is 0 Å². The Morgan fingerprint density at radius 2 is 1.68 bits per heavy atom. The van der Waals surface area contributed by atoms with Gasteiger partial charge >= 0.3 is 5.97 Å². The van der Waals surface area contributed by atoms with Gasteiger partial charge in [-0.25, -0.2) is 0 Å². The van der Waals surface area contributed by atoms with Gasteiger partial charge in [-0.05, 0) is 49.1 Å². The maximum absolute atomic E-state index is 13.6. The van der Waals surface area contributed by atoms with Gasteiger partial charge in [0.15, 0.2) is 5.60 Å². The van der Waals surface area contributed by atoms with Crippen LogP contribution in [0.5, 0.6) is 0 Å². The molecule has 164 valence electrons. The predicted octanol–water partition coefficient (Wildman–Crippen LogP) is 5.75. The third kappa shape index (κ3) is 2.87. The Morgan fingerprint density at radius 3 is 2.32 bits per heavy atom. The smallest absolute Gasteiger partial charge is 0.313 e. The van der Waals surface area contributed by atoms with Crippen molar-refractivity contribution in [2.45, 2.75) is 59.2 Å². The molecule has 0 aromatic heterocycles. The number of carbonyl (C=O) groups excluding carboxylic acids is 2. The van der Waals surface area contributed by atoms with Crippen molar-refractivity contribution in [3.05, 3.63) is 60.2 Å². The van der Waals surface area contributed by atoms with E-state index < -0.39 is 16.9 Å². The zero-order valence-electron chi connectivity index (χ0n) is 19.1. The van der Waals surface area contributed by atoms with Crippen LogP contribution in [-0.4, -0.2) is 18.5 Å². The van der Waals surface area contributed by atoms with E-state index in [1.807, 2.05) is 56.3 Å². The molecule has 4 atom stereocenters. The summed E-state index contributed by atoms with van der Waals surface area (Å²) in [6.07, 6.45) is 1.56. The summed E-state index contributed by atoms with van der Waals surface area (Å²) in [5, 5.41) is 0. The lowest BCUT2D eigenvalue weighted by Gasteiger charge is -2.49. The average Bonchev–Trinajstić information content (AvgIpc) is 3.05. The van der Waals surface area contributed by atoms with Crippen molar-refractivity contribution in [3.63, 3.8) is 0 Å². The fourth-order valence-corrected chi connectivity index (χ4v) is 6.53. The molecule has 2 saturated carbocycles. The summed E-state index contributed by atoms with van der Waals surface area (Å²) in [5.41, 5.74) is 1.18. The molecule has 2 aromatic carbocycles. The quantitative estimate of drug-likeness (QED) is 0.441. The zero-order chi connectivity index (χ0) is 22.4. The van der Waals surface area contributed by atoms with Crippen molar-refractivity contribution in [1.29, 1.82) is 0 Å². The van der Waals surface area contributed by atoms with Crippen LogP contribution in [0.25, 0.3) is 11.1 Å². The molecule has 4 heteroatoms. The molecule has 2 aromatic rings. The molecule has 0 radical (unpaired) electrons. The molecule has 0 aliphatic heterocycles. The second kappa shape index (κ2) is 7.51. The SMILES string of the molecule is CC(C)OC(=O)C1C2CCC(C)(C2(C)C)C1(OC=O)c1ccccc1-c1ccccc1. The summed E-state index contributed by atoms with van der Waals surface area (Å²) in [6.45, 7) is 10.8. The van der Waals surface area contributed by atoms with Gasteiger partial charge in [0, 0.05) is 11.0 Å². The lowest BCUT2D eigenvalue weighted by molar-refractivity contribution is -0.191. The molecule has 0 spiro atoms. The number of esters is 1. The number of hydrogen-bond donors (Lipinski definition) is 0. The fraction of sp³-hybridized carbons (Fsp3) is 0.481. The van der Waals surface area contributed by atoms with Crippen molar-refractivity contribution >= 4 is 12.4 Å². The summed E-state index contributed by atoms with van der Waals surface area (Å²) >= 11 is 0. The fourth-order valence-electron chi connectivity index (χ4n) is 6.53. The molecular weight excluding hydrogens is 388 g/mol. The normalized spacial score (nSPS) is 30.9. The molecule has 2 aliphatic rings. The number of hydrogen-bond acceptors (Lipinski definition) is 4. The van der Waals surface area contributed by atoms with Crippen LogP contribution in [-0.2, 0) is 24.7 Å². The monoisotopic (exact) mass is 420 g/mol. The Labute approximate surface area is 185 Å². The first-order chi connectivity index (χ1) is 14.7. The average molecular weight is 421 g/mol. The molecule has 4 unspecified atom stereocenters. The van der Waals surface area contributed by atoms with Gasteiger partial charge in [-0.15, -0.1) is 0 Å². The van der Waals surface area contributed by atoms with E-state index in [4.69, 9.17) is 9.47 Å². The molecule has 0 amide bonds. The number of carbonyl (C=O) groups is 2. The van der Waals surface area contributed by atoms with Crippen LogP contribution in [0.1, 0.15) is 53.0 Å². The molecule has 4 nitrogen and oxygen atoms in total. The highest BCUT2D eigenvalue weighted by atomic mass is 16.6. The summed E-state index contributed by atoms with van der Waals surface area (Å²) in [6, 6.07) is 18.1. The van der Waals surface area contributed by atoms with E-state index in [9.17, 15) is 9.59 Å². The molecule has 2 aliphatic carbocycles. The summed E-state index contributed by atoms with van der Waals surface area (Å²) in [4.78, 5) is 25.6. The van der Waals surface area contributed by atoms with Gasteiger partial charge in [0.1, 0.15) is 5.92 Å². The summed E-state index contributed by atoms with van der Waals surface area (Å²) < 4.78 is 11.9. The van der Waals surface area contributed by atoms with E-state index in [1.54, 1.807) is 0 Å². The van der Waals surface area contributed by atoms with E-state index in [-0.39, 0.29) is 23.4 Å². The maximum atomic E-state index is 13.6. The summed E-state index contributed by atoms with van der Waals surface area (Å²) in [5.74, 6) is -0.771. The lowest BCUT2D eigenvalue weighted by atomic mass is 9.59. The number of ether oxygens (including phenoxy) is 2. The Balaban J connectivity index is 2.02. The van der Waals surface area contributed by atoms with Gasteiger partial charge < -0.3 is 9.47 Å². The number of rotatable bonds is 6. The highest BCUT2D eigenvalue weighted by molar-refractivity contribution is 5.79. The first-order valence-electron chi connectivity index (χ1n) is 11.2. The van der Waals surface area contributed by atoms with Crippen LogP contribution >= 0.6 is 0 Å². The standard InChI is InChI=1S/C27H32O4/c1-18(2)31-24(29)23-22-15-16-26(5,25(22,3)4)27(23,30-17-28)21-14-10-9-13-20(21)19-11-7-6-8-12-19/h6-14,17-18,22-23H,15-16H2,1-5H3. The van der Waals surface area contributed by atoms with Crippen molar-refractivity contribution in [3.8, 4) is 11.1 Å². The van der Waals surface area contributed by atoms with E-state index in [2.05, 4.69) is 32.9 Å². The molecular formula is C27H32O4. The second-order valence-electron chi connectivity index (χ2n) is 10.0. The highest BCUT2D eigenvalue weighted by Crippen LogP contribution is 2.76.